The Morgan fingerprint density at radius 3 is 2.79 bits per heavy atom. The van der Waals surface area contributed by atoms with Crippen LogP contribution in [0.2, 0.25) is 0 Å². The molecule has 1 heterocycles. The molecule has 28 heavy (non-hydrogen) atoms. The SMILES string of the molecule is CC(=Cc1ccccc1)C(=O)OC1CCCN(Cc2cccc([N+](=O)[O-])c2)C1. The lowest BCUT2D eigenvalue weighted by atomic mass is 10.1. The predicted molar refractivity (Wildman–Crippen MR) is 108 cm³/mol. The van der Waals surface area contributed by atoms with Gasteiger partial charge in [-0.1, -0.05) is 42.5 Å². The van der Waals surface area contributed by atoms with Gasteiger partial charge in [0.05, 0.1) is 4.92 Å². The van der Waals surface area contributed by atoms with Crippen molar-refractivity contribution in [2.45, 2.75) is 32.4 Å². The molecule has 0 spiro atoms. The van der Waals surface area contributed by atoms with Crippen LogP contribution in [0.5, 0.6) is 0 Å². The molecule has 3 rings (SSSR count). The second-order valence-electron chi connectivity index (χ2n) is 7.07. The van der Waals surface area contributed by atoms with Crippen molar-refractivity contribution in [1.82, 2.24) is 4.90 Å². The topological polar surface area (TPSA) is 72.7 Å². The molecule has 0 N–H and O–H groups in total. The Balaban J connectivity index is 1.57. The number of hydrogen-bond acceptors (Lipinski definition) is 5. The Morgan fingerprint density at radius 2 is 2.04 bits per heavy atom. The number of benzene rings is 2. The van der Waals surface area contributed by atoms with Crippen molar-refractivity contribution < 1.29 is 14.5 Å². The van der Waals surface area contributed by atoms with E-state index < -0.39 is 0 Å². The molecule has 1 aliphatic heterocycles. The van der Waals surface area contributed by atoms with Crippen molar-refractivity contribution in [3.63, 3.8) is 0 Å². The zero-order valence-corrected chi connectivity index (χ0v) is 15.9. The normalized spacial score (nSPS) is 17.9. The van der Waals surface area contributed by atoms with E-state index in [1.807, 2.05) is 42.5 Å². The molecule has 1 atom stereocenters. The largest absolute Gasteiger partial charge is 0.458 e. The molecule has 2 aromatic carbocycles. The van der Waals surface area contributed by atoms with Gasteiger partial charge in [-0.05, 0) is 43.5 Å². The summed E-state index contributed by atoms with van der Waals surface area (Å²) in [5, 5.41) is 10.9. The highest BCUT2D eigenvalue weighted by molar-refractivity contribution is 5.93. The number of ether oxygens (including phenoxy) is 1. The van der Waals surface area contributed by atoms with E-state index in [2.05, 4.69) is 4.90 Å². The summed E-state index contributed by atoms with van der Waals surface area (Å²) in [5.74, 6) is -0.300. The molecule has 2 aromatic rings. The van der Waals surface area contributed by atoms with Gasteiger partial charge < -0.3 is 4.74 Å². The molecule has 1 fully saturated rings. The molecule has 146 valence electrons. The minimum atomic E-state index is -0.383. The van der Waals surface area contributed by atoms with E-state index in [1.165, 1.54) is 6.07 Å². The van der Waals surface area contributed by atoms with Crippen molar-refractivity contribution in [3.05, 3.63) is 81.4 Å². The number of nitro groups is 1. The molecular weight excluding hydrogens is 356 g/mol. The van der Waals surface area contributed by atoms with Crippen molar-refractivity contribution in [1.29, 1.82) is 0 Å². The summed E-state index contributed by atoms with van der Waals surface area (Å²) in [4.78, 5) is 25.2. The average molecular weight is 380 g/mol. The number of non-ortho nitro benzene ring substituents is 1. The van der Waals surface area contributed by atoms with Crippen LogP contribution in [0.3, 0.4) is 0 Å². The molecule has 1 saturated heterocycles. The van der Waals surface area contributed by atoms with Crippen LogP contribution in [0, 0.1) is 10.1 Å². The number of hydrogen-bond donors (Lipinski definition) is 0. The van der Waals surface area contributed by atoms with E-state index >= 15 is 0 Å². The molecule has 0 aliphatic carbocycles. The predicted octanol–water partition coefficient (Wildman–Crippen LogP) is 4.21. The van der Waals surface area contributed by atoms with E-state index in [0.717, 1.165) is 30.5 Å². The molecule has 6 heteroatoms. The number of likely N-dealkylation sites (tertiary alicyclic amines) is 1. The van der Waals surface area contributed by atoms with Gasteiger partial charge >= 0.3 is 5.97 Å². The first-order valence-corrected chi connectivity index (χ1v) is 9.41. The third-order valence-electron chi connectivity index (χ3n) is 4.77. The van der Waals surface area contributed by atoms with Gasteiger partial charge in [0.1, 0.15) is 6.10 Å². The van der Waals surface area contributed by atoms with Gasteiger partial charge in [0.25, 0.3) is 5.69 Å². The molecule has 0 saturated carbocycles. The quantitative estimate of drug-likeness (QED) is 0.325. The highest BCUT2D eigenvalue weighted by Gasteiger charge is 2.24. The summed E-state index contributed by atoms with van der Waals surface area (Å²) < 4.78 is 5.70. The van der Waals surface area contributed by atoms with Gasteiger partial charge in [-0.15, -0.1) is 0 Å². The minimum absolute atomic E-state index is 0.0964. The highest BCUT2D eigenvalue weighted by atomic mass is 16.6. The van der Waals surface area contributed by atoms with Gasteiger partial charge in [-0.3, -0.25) is 15.0 Å². The molecule has 0 aromatic heterocycles. The van der Waals surface area contributed by atoms with Crippen molar-refractivity contribution in [2.24, 2.45) is 0 Å². The van der Waals surface area contributed by atoms with E-state index in [9.17, 15) is 14.9 Å². The smallest absolute Gasteiger partial charge is 0.334 e. The molecule has 6 nitrogen and oxygen atoms in total. The number of nitro benzene ring substituents is 1. The van der Waals surface area contributed by atoms with Crippen LogP contribution < -0.4 is 0 Å². The van der Waals surface area contributed by atoms with E-state index in [-0.39, 0.29) is 22.7 Å². The molecule has 1 aliphatic rings. The molecule has 0 bridgehead atoms. The maximum Gasteiger partial charge on any atom is 0.334 e. The van der Waals surface area contributed by atoms with E-state index in [4.69, 9.17) is 4.74 Å². The van der Waals surface area contributed by atoms with Crippen LogP contribution in [0.15, 0.2) is 60.2 Å². The van der Waals surface area contributed by atoms with E-state index in [1.54, 1.807) is 19.1 Å². The summed E-state index contributed by atoms with van der Waals surface area (Å²) in [6, 6.07) is 16.4. The zero-order chi connectivity index (χ0) is 19.9. The summed E-state index contributed by atoms with van der Waals surface area (Å²) in [6.07, 6.45) is 3.41. The highest BCUT2D eigenvalue weighted by Crippen LogP contribution is 2.20. The summed E-state index contributed by atoms with van der Waals surface area (Å²) in [5.41, 5.74) is 2.52. The number of nitrogens with zero attached hydrogens (tertiary/aromatic N) is 2. The molecule has 0 amide bonds. The number of rotatable bonds is 6. The van der Waals surface area contributed by atoms with Crippen LogP contribution in [-0.4, -0.2) is 35.0 Å². The standard InChI is InChI=1S/C22H24N2O4/c1-17(13-18-7-3-2-4-8-18)22(25)28-21-11-6-12-23(16-21)15-19-9-5-10-20(14-19)24(26)27/h2-5,7-10,13-14,21H,6,11-12,15-16H2,1H3. The van der Waals surface area contributed by atoms with Crippen molar-refractivity contribution >= 4 is 17.7 Å². The van der Waals surface area contributed by atoms with Crippen LogP contribution in [-0.2, 0) is 16.1 Å². The first kappa shape index (κ1) is 19.8. The Kier molecular flexibility index (Phi) is 6.55. The zero-order valence-electron chi connectivity index (χ0n) is 15.9. The maximum absolute atomic E-state index is 12.4. The van der Waals surface area contributed by atoms with Gasteiger partial charge in [-0.25, -0.2) is 4.79 Å². The Morgan fingerprint density at radius 1 is 1.25 bits per heavy atom. The number of carbonyl (C=O) groups excluding carboxylic acids is 1. The van der Waals surface area contributed by atoms with Gasteiger partial charge in [0, 0.05) is 30.8 Å². The Hall–Kier alpha value is -2.99. The average Bonchev–Trinajstić information content (AvgIpc) is 2.69. The molecular formula is C22H24N2O4. The van der Waals surface area contributed by atoms with Gasteiger partial charge in [-0.2, -0.15) is 0 Å². The van der Waals surface area contributed by atoms with Crippen molar-refractivity contribution in [2.75, 3.05) is 13.1 Å². The number of esters is 1. The Labute approximate surface area is 164 Å². The molecule has 0 radical (unpaired) electrons. The van der Waals surface area contributed by atoms with Gasteiger partial charge in [0.2, 0.25) is 0 Å². The third-order valence-corrected chi connectivity index (χ3v) is 4.77. The maximum atomic E-state index is 12.4. The lowest BCUT2D eigenvalue weighted by Crippen LogP contribution is -2.40. The van der Waals surface area contributed by atoms with Crippen LogP contribution >= 0.6 is 0 Å². The van der Waals surface area contributed by atoms with Crippen LogP contribution in [0.1, 0.15) is 30.9 Å². The summed E-state index contributed by atoms with van der Waals surface area (Å²) >= 11 is 0. The molecule has 1 unspecified atom stereocenters. The fraction of sp³-hybridized carbons (Fsp3) is 0.318. The van der Waals surface area contributed by atoms with Crippen molar-refractivity contribution in [3.8, 4) is 0 Å². The van der Waals surface area contributed by atoms with Crippen LogP contribution in [0.4, 0.5) is 5.69 Å². The summed E-state index contributed by atoms with van der Waals surface area (Å²) in [6.45, 7) is 3.89. The number of piperidine rings is 1. The van der Waals surface area contributed by atoms with E-state index in [0.29, 0.717) is 18.7 Å². The first-order chi connectivity index (χ1) is 13.5. The minimum Gasteiger partial charge on any atom is -0.458 e. The summed E-state index contributed by atoms with van der Waals surface area (Å²) in [7, 11) is 0. The fourth-order valence-corrected chi connectivity index (χ4v) is 3.38. The monoisotopic (exact) mass is 380 g/mol. The fourth-order valence-electron chi connectivity index (χ4n) is 3.38. The Bertz CT molecular complexity index is 864. The third kappa shape index (κ3) is 5.50. The second-order valence-corrected chi connectivity index (χ2v) is 7.07. The first-order valence-electron chi connectivity index (χ1n) is 9.41. The van der Waals surface area contributed by atoms with Crippen LogP contribution in [0.25, 0.3) is 6.08 Å². The lowest BCUT2D eigenvalue weighted by molar-refractivity contribution is -0.384. The van der Waals surface area contributed by atoms with Gasteiger partial charge in [0.15, 0.2) is 0 Å². The number of carbonyl (C=O) groups is 1. The second kappa shape index (κ2) is 9.28. The lowest BCUT2D eigenvalue weighted by Gasteiger charge is -2.32.